The molecule has 0 saturated carbocycles. The van der Waals surface area contributed by atoms with Crippen molar-refractivity contribution >= 4 is 10.9 Å². The molecule has 0 unspecified atom stereocenters. The molecule has 2 aromatic rings. The summed E-state index contributed by atoms with van der Waals surface area (Å²) in [5.41, 5.74) is 9.44. The zero-order valence-corrected chi connectivity index (χ0v) is 9.79. The average Bonchev–Trinajstić information content (AvgIpc) is 2.77. The van der Waals surface area contributed by atoms with Crippen molar-refractivity contribution in [1.82, 2.24) is 4.57 Å². The number of hydrogen-bond acceptors (Lipinski definition) is 1. The van der Waals surface area contributed by atoms with Gasteiger partial charge < -0.3 is 4.57 Å². The molecule has 4 heteroatoms. The maximum atomic E-state index is 8.15. The first kappa shape index (κ1) is 11.6. The van der Waals surface area contributed by atoms with Crippen molar-refractivity contribution in [2.24, 2.45) is 5.11 Å². The van der Waals surface area contributed by atoms with Crippen molar-refractivity contribution in [3.8, 4) is 0 Å². The van der Waals surface area contributed by atoms with Gasteiger partial charge >= 0.3 is 0 Å². The summed E-state index contributed by atoms with van der Waals surface area (Å²) in [5, 5.41) is 4.82. The summed E-state index contributed by atoms with van der Waals surface area (Å²) >= 11 is 0. The van der Waals surface area contributed by atoms with Gasteiger partial charge in [-0.05, 0) is 35.9 Å². The molecule has 0 N–H and O–H groups in total. The Labute approximate surface area is 100 Å². The van der Waals surface area contributed by atoms with Gasteiger partial charge in [-0.25, -0.2) is 0 Å². The first-order chi connectivity index (χ1) is 8.42. The number of aromatic nitrogens is 1. The summed E-state index contributed by atoms with van der Waals surface area (Å²) < 4.78 is 2.28. The Morgan fingerprint density at radius 2 is 2.00 bits per heavy atom. The lowest BCUT2D eigenvalue weighted by Crippen LogP contribution is -1.96. The summed E-state index contributed by atoms with van der Waals surface area (Å²) in [6.45, 7) is 1.65. The van der Waals surface area contributed by atoms with Gasteiger partial charge in [0.15, 0.2) is 0 Å². The lowest BCUT2D eigenvalue weighted by Gasteiger charge is -2.04. The summed E-state index contributed by atoms with van der Waals surface area (Å²) in [5.74, 6) is 0. The number of fused-ring (bicyclic) bond motifs is 1. The number of nitrogens with zero attached hydrogens (tertiary/aromatic N) is 4. The van der Waals surface area contributed by atoms with Crippen LogP contribution in [0.3, 0.4) is 0 Å². The third-order valence-corrected chi connectivity index (χ3v) is 2.90. The third-order valence-electron chi connectivity index (χ3n) is 2.90. The van der Waals surface area contributed by atoms with E-state index in [0.717, 1.165) is 25.8 Å². The highest BCUT2D eigenvalue weighted by atomic mass is 15.1. The van der Waals surface area contributed by atoms with Gasteiger partial charge in [0.1, 0.15) is 0 Å². The number of unbranched alkanes of at least 4 members (excludes halogenated alkanes) is 2. The number of azide groups is 1. The Bertz CT molecular complexity index is 523. The van der Waals surface area contributed by atoms with Crippen LogP contribution in [0.5, 0.6) is 0 Å². The first-order valence-electron chi connectivity index (χ1n) is 5.96. The molecule has 0 aliphatic rings. The molecule has 0 bridgehead atoms. The fourth-order valence-corrected chi connectivity index (χ4v) is 2.02. The van der Waals surface area contributed by atoms with E-state index in [0.29, 0.717) is 6.54 Å². The van der Waals surface area contributed by atoms with Gasteiger partial charge in [0.2, 0.25) is 0 Å². The second-order valence-electron chi connectivity index (χ2n) is 4.08. The molecule has 0 radical (unpaired) electrons. The minimum Gasteiger partial charge on any atom is -0.347 e. The molecule has 0 spiro atoms. The van der Waals surface area contributed by atoms with E-state index in [1.807, 2.05) is 0 Å². The fourth-order valence-electron chi connectivity index (χ4n) is 2.02. The largest absolute Gasteiger partial charge is 0.347 e. The molecule has 17 heavy (non-hydrogen) atoms. The summed E-state index contributed by atoms with van der Waals surface area (Å²) in [4.78, 5) is 2.74. The minimum atomic E-state index is 0.614. The number of hydrogen-bond donors (Lipinski definition) is 0. The molecular weight excluding hydrogens is 212 g/mol. The number of para-hydroxylation sites is 1. The third kappa shape index (κ3) is 3.02. The number of rotatable bonds is 6. The molecular formula is C13H16N4. The van der Waals surface area contributed by atoms with Crippen LogP contribution in [0.2, 0.25) is 0 Å². The molecule has 1 aromatic heterocycles. The zero-order chi connectivity index (χ0) is 11.9. The first-order valence-corrected chi connectivity index (χ1v) is 5.96. The topological polar surface area (TPSA) is 53.7 Å². The smallest absolute Gasteiger partial charge is 0.0480 e. The van der Waals surface area contributed by atoms with Gasteiger partial charge in [0.25, 0.3) is 0 Å². The van der Waals surface area contributed by atoms with Gasteiger partial charge in [-0.1, -0.05) is 29.7 Å². The SMILES string of the molecule is [N-]=[N+]=NCCCCCn1ccc2ccccc21. The quantitative estimate of drug-likeness (QED) is 0.309. The van der Waals surface area contributed by atoms with Crippen molar-refractivity contribution < 1.29 is 0 Å². The fraction of sp³-hybridized carbons (Fsp3) is 0.385. The van der Waals surface area contributed by atoms with Crippen molar-refractivity contribution in [1.29, 1.82) is 0 Å². The maximum Gasteiger partial charge on any atom is 0.0480 e. The highest BCUT2D eigenvalue weighted by molar-refractivity contribution is 5.79. The molecule has 1 heterocycles. The number of aryl methyl sites for hydroxylation is 1. The van der Waals surface area contributed by atoms with E-state index in [2.05, 4.69) is 51.1 Å². The predicted molar refractivity (Wildman–Crippen MR) is 69.8 cm³/mol. The van der Waals surface area contributed by atoms with Crippen LogP contribution < -0.4 is 0 Å². The molecule has 4 nitrogen and oxygen atoms in total. The molecule has 88 valence electrons. The highest BCUT2D eigenvalue weighted by Gasteiger charge is 1.98. The van der Waals surface area contributed by atoms with Crippen molar-refractivity contribution in [3.63, 3.8) is 0 Å². The Kier molecular flexibility index (Phi) is 4.05. The molecule has 0 fully saturated rings. The Morgan fingerprint density at radius 3 is 2.88 bits per heavy atom. The number of benzene rings is 1. The van der Waals surface area contributed by atoms with Gasteiger partial charge in [0.05, 0.1) is 0 Å². The second-order valence-corrected chi connectivity index (χ2v) is 4.08. The molecule has 2 rings (SSSR count). The van der Waals surface area contributed by atoms with E-state index in [-0.39, 0.29) is 0 Å². The van der Waals surface area contributed by atoms with Crippen LogP contribution in [0.25, 0.3) is 21.3 Å². The molecule has 1 aromatic carbocycles. The Balaban J connectivity index is 1.85. The second kappa shape index (κ2) is 5.97. The maximum absolute atomic E-state index is 8.15. The predicted octanol–water partition coefficient (Wildman–Crippen LogP) is 4.12. The lowest BCUT2D eigenvalue weighted by molar-refractivity contribution is 0.603. The van der Waals surface area contributed by atoms with Crippen LogP contribution in [0, 0.1) is 0 Å². The Hall–Kier alpha value is -1.93. The van der Waals surface area contributed by atoms with Crippen LogP contribution in [0.15, 0.2) is 41.6 Å². The summed E-state index contributed by atoms with van der Waals surface area (Å²) in [6, 6.07) is 10.6. The zero-order valence-electron chi connectivity index (χ0n) is 9.79. The van der Waals surface area contributed by atoms with Crippen LogP contribution in [0.1, 0.15) is 19.3 Å². The van der Waals surface area contributed by atoms with Gasteiger partial charge in [-0.3, -0.25) is 0 Å². The van der Waals surface area contributed by atoms with Crippen LogP contribution in [-0.4, -0.2) is 11.1 Å². The van der Waals surface area contributed by atoms with Crippen LogP contribution in [-0.2, 0) is 6.54 Å². The van der Waals surface area contributed by atoms with E-state index in [1.165, 1.54) is 10.9 Å². The van der Waals surface area contributed by atoms with Crippen LogP contribution >= 0.6 is 0 Å². The molecule has 0 atom stereocenters. The van der Waals surface area contributed by atoms with E-state index in [9.17, 15) is 0 Å². The highest BCUT2D eigenvalue weighted by Crippen LogP contribution is 2.15. The van der Waals surface area contributed by atoms with Crippen LogP contribution in [0.4, 0.5) is 0 Å². The van der Waals surface area contributed by atoms with E-state index in [4.69, 9.17) is 5.53 Å². The normalized spacial score (nSPS) is 10.4. The van der Waals surface area contributed by atoms with Gasteiger partial charge in [-0.2, -0.15) is 0 Å². The average molecular weight is 228 g/mol. The Morgan fingerprint density at radius 1 is 1.12 bits per heavy atom. The molecule has 0 aliphatic heterocycles. The summed E-state index contributed by atoms with van der Waals surface area (Å²) in [7, 11) is 0. The monoisotopic (exact) mass is 228 g/mol. The van der Waals surface area contributed by atoms with Crippen molar-refractivity contribution in [3.05, 3.63) is 47.0 Å². The minimum absolute atomic E-state index is 0.614. The summed E-state index contributed by atoms with van der Waals surface area (Å²) in [6.07, 6.45) is 5.34. The van der Waals surface area contributed by atoms with E-state index < -0.39 is 0 Å². The molecule has 0 amide bonds. The van der Waals surface area contributed by atoms with Gasteiger partial charge in [0, 0.05) is 29.7 Å². The van der Waals surface area contributed by atoms with Crippen molar-refractivity contribution in [2.45, 2.75) is 25.8 Å². The molecule has 0 saturated heterocycles. The molecule has 0 aliphatic carbocycles. The van der Waals surface area contributed by atoms with Gasteiger partial charge in [-0.15, -0.1) is 0 Å². The van der Waals surface area contributed by atoms with Crippen molar-refractivity contribution in [2.75, 3.05) is 6.54 Å². The van der Waals surface area contributed by atoms with E-state index in [1.54, 1.807) is 0 Å². The lowest BCUT2D eigenvalue weighted by atomic mass is 10.2. The standard InChI is InChI=1S/C13H16N4/c14-16-15-9-4-1-5-10-17-11-8-12-6-2-3-7-13(12)17/h2-3,6-8,11H,1,4-5,9-10H2. The van der Waals surface area contributed by atoms with E-state index >= 15 is 0 Å².